The van der Waals surface area contributed by atoms with E-state index >= 15 is 0 Å². The zero-order valence-corrected chi connectivity index (χ0v) is 26.0. The molecule has 2 aromatic heterocycles. The molecule has 5 aromatic carbocycles. The van der Waals surface area contributed by atoms with E-state index in [2.05, 4.69) is 123 Å². The van der Waals surface area contributed by atoms with Crippen molar-refractivity contribution in [2.75, 3.05) is 0 Å². The first kappa shape index (κ1) is 27.7. The Bertz CT molecular complexity index is 2080. The molecule has 0 amide bonds. The maximum absolute atomic E-state index is 4.32. The minimum Gasteiger partial charge on any atom is -0.304 e. The SMILES string of the molecule is C1=[N+](c2[c-]cc3c(c2)sc2ccccc23)c2ccccc2[N+]=1c1ccccc1.Cc1ccc(-c2[c-]cccc2)nc1.[Ir]. The van der Waals surface area contributed by atoms with E-state index < -0.39 is 0 Å². The predicted molar refractivity (Wildman–Crippen MR) is 172 cm³/mol. The first-order chi connectivity index (χ1) is 20.2. The van der Waals surface area contributed by atoms with Crippen LogP contribution in [0.5, 0.6) is 0 Å². The molecule has 0 saturated carbocycles. The smallest absolute Gasteiger partial charge is 0.304 e. The fraction of sp³-hybridized carbons (Fsp3) is 0.0270. The van der Waals surface area contributed by atoms with Gasteiger partial charge in [-0.2, -0.15) is 17.4 Å². The first-order valence-corrected chi connectivity index (χ1v) is 14.3. The topological polar surface area (TPSA) is 18.9 Å². The fourth-order valence-corrected chi connectivity index (χ4v) is 6.09. The van der Waals surface area contributed by atoms with Crippen LogP contribution >= 0.6 is 11.3 Å². The Kier molecular flexibility index (Phi) is 8.01. The van der Waals surface area contributed by atoms with Crippen molar-refractivity contribution in [3.8, 4) is 11.3 Å². The zero-order chi connectivity index (χ0) is 27.6. The van der Waals surface area contributed by atoms with Gasteiger partial charge < -0.3 is 4.98 Å². The second-order valence-corrected chi connectivity index (χ2v) is 10.9. The van der Waals surface area contributed by atoms with E-state index in [9.17, 15) is 0 Å². The molecule has 203 valence electrons. The average molecular weight is 736 g/mol. The van der Waals surface area contributed by atoms with Gasteiger partial charge in [0.15, 0.2) is 0 Å². The number of rotatable bonds is 3. The molecule has 1 aliphatic rings. The summed E-state index contributed by atoms with van der Waals surface area (Å²) in [5.41, 5.74) is 7.54. The molecule has 7 aromatic rings. The van der Waals surface area contributed by atoms with Crippen molar-refractivity contribution in [1.82, 2.24) is 14.1 Å². The monoisotopic (exact) mass is 736 g/mol. The number of aromatic nitrogens is 1. The van der Waals surface area contributed by atoms with Crippen LogP contribution in [0, 0.1) is 19.1 Å². The molecule has 0 aliphatic carbocycles. The average Bonchev–Trinajstić information content (AvgIpc) is 3.61. The minimum absolute atomic E-state index is 0. The van der Waals surface area contributed by atoms with Gasteiger partial charge in [-0.15, -0.1) is 47.3 Å². The van der Waals surface area contributed by atoms with Crippen LogP contribution in [0.1, 0.15) is 5.56 Å². The van der Waals surface area contributed by atoms with E-state index in [1.165, 1.54) is 25.7 Å². The molecule has 0 unspecified atom stereocenters. The predicted octanol–water partition coefficient (Wildman–Crippen LogP) is 9.57. The molecule has 0 fully saturated rings. The van der Waals surface area contributed by atoms with Crippen LogP contribution in [0.4, 0.5) is 22.7 Å². The molecular weight excluding hydrogens is 711 g/mol. The van der Waals surface area contributed by atoms with Gasteiger partial charge in [-0.1, -0.05) is 81.4 Å². The normalized spacial score (nSPS) is 11.6. The van der Waals surface area contributed by atoms with Crippen molar-refractivity contribution >= 4 is 60.3 Å². The Labute approximate surface area is 262 Å². The Hall–Kier alpha value is -4.50. The number of aryl methyl sites for hydroxylation is 1. The summed E-state index contributed by atoms with van der Waals surface area (Å²) in [6, 6.07) is 53.7. The molecular formula is C37H25IrN3S. The maximum atomic E-state index is 4.32. The summed E-state index contributed by atoms with van der Waals surface area (Å²) >= 11 is 1.83. The molecule has 42 heavy (non-hydrogen) atoms. The molecule has 0 N–H and O–H groups in total. The zero-order valence-electron chi connectivity index (χ0n) is 22.8. The van der Waals surface area contributed by atoms with E-state index in [1.807, 2.05) is 60.9 Å². The summed E-state index contributed by atoms with van der Waals surface area (Å²) in [5.74, 6) is 0. The molecule has 3 nitrogen and oxygen atoms in total. The first-order valence-electron chi connectivity index (χ1n) is 13.5. The molecule has 5 heteroatoms. The summed E-state index contributed by atoms with van der Waals surface area (Å²) in [7, 11) is 0. The largest absolute Gasteiger partial charge is 0.501 e. The van der Waals surface area contributed by atoms with Crippen LogP contribution in [0.15, 0.2) is 134 Å². The van der Waals surface area contributed by atoms with Crippen molar-refractivity contribution in [3.05, 3.63) is 151 Å². The molecule has 1 radical (unpaired) electrons. The number of fused-ring (bicyclic) bond motifs is 4. The molecule has 0 spiro atoms. The summed E-state index contributed by atoms with van der Waals surface area (Å²) in [5, 5.41) is 2.56. The van der Waals surface area contributed by atoms with Crippen LogP contribution in [0.2, 0.25) is 0 Å². The van der Waals surface area contributed by atoms with Crippen molar-refractivity contribution in [2.45, 2.75) is 6.92 Å². The number of thiophene rings is 1. The van der Waals surface area contributed by atoms with Gasteiger partial charge in [0.25, 0.3) is 11.4 Å². The summed E-state index contributed by atoms with van der Waals surface area (Å²) < 4.78 is 6.79. The van der Waals surface area contributed by atoms with Gasteiger partial charge >= 0.3 is 6.01 Å². The van der Waals surface area contributed by atoms with Crippen molar-refractivity contribution < 1.29 is 20.1 Å². The Morgan fingerprint density at radius 1 is 0.690 bits per heavy atom. The molecule has 3 heterocycles. The molecule has 1 aliphatic heterocycles. The quantitative estimate of drug-likeness (QED) is 0.131. The number of hydrogen-bond acceptors (Lipinski definition) is 2. The number of para-hydroxylation sites is 3. The maximum Gasteiger partial charge on any atom is 0.501 e. The Balaban J connectivity index is 0.000000191. The van der Waals surface area contributed by atoms with Crippen LogP contribution in [-0.2, 0) is 20.1 Å². The van der Waals surface area contributed by atoms with Gasteiger partial charge in [-0.05, 0) is 28.8 Å². The third kappa shape index (κ3) is 5.39. The molecule has 0 bridgehead atoms. The van der Waals surface area contributed by atoms with Crippen LogP contribution in [0.25, 0.3) is 31.4 Å². The van der Waals surface area contributed by atoms with Crippen molar-refractivity contribution in [2.24, 2.45) is 0 Å². The Morgan fingerprint density at radius 3 is 2.19 bits per heavy atom. The van der Waals surface area contributed by atoms with Gasteiger partial charge in [0.05, 0.1) is 0 Å². The third-order valence-corrected chi connectivity index (χ3v) is 8.14. The fourth-order valence-electron chi connectivity index (χ4n) is 4.97. The van der Waals surface area contributed by atoms with Gasteiger partial charge in [-0.25, -0.2) is 0 Å². The second-order valence-electron chi connectivity index (χ2n) is 9.79. The molecule has 8 rings (SSSR count). The minimum atomic E-state index is 0. The van der Waals surface area contributed by atoms with E-state index in [-0.39, 0.29) is 20.1 Å². The number of benzene rings is 5. The van der Waals surface area contributed by atoms with Crippen molar-refractivity contribution in [3.63, 3.8) is 0 Å². The number of nitrogens with zero attached hydrogens (tertiary/aromatic N) is 3. The van der Waals surface area contributed by atoms with Crippen LogP contribution in [-0.4, -0.2) is 11.0 Å². The van der Waals surface area contributed by atoms with Gasteiger partial charge in [0.1, 0.15) is 5.69 Å². The summed E-state index contributed by atoms with van der Waals surface area (Å²) in [6.45, 7) is 2.03. The third-order valence-electron chi connectivity index (χ3n) is 7.01. The number of pyridine rings is 1. The number of hydrogen-bond donors (Lipinski definition) is 0. The van der Waals surface area contributed by atoms with E-state index in [4.69, 9.17) is 0 Å². The van der Waals surface area contributed by atoms with E-state index in [0.29, 0.717) is 0 Å². The van der Waals surface area contributed by atoms with Gasteiger partial charge in [0.2, 0.25) is 5.69 Å². The summed E-state index contributed by atoms with van der Waals surface area (Å²) in [4.78, 5) is 4.32. The second kappa shape index (κ2) is 12.2. The standard InChI is InChI=1S/C25H15N2S.C12H10N.Ir/c1-2-8-18(9-3-1)26-17-27(23-12-6-5-11-22(23)26)19-14-15-21-20-10-4-7-13-24(20)28-25(21)16-19;1-10-7-8-12(13-9-10)11-5-3-2-4-6-11;/h1-13,15-16H;2-5,7-9H,1H3;/q+1;-1;. The van der Waals surface area contributed by atoms with E-state index in [0.717, 1.165) is 34.0 Å². The van der Waals surface area contributed by atoms with Crippen LogP contribution in [0.3, 0.4) is 0 Å². The van der Waals surface area contributed by atoms with Crippen molar-refractivity contribution in [1.29, 1.82) is 0 Å². The van der Waals surface area contributed by atoms with Crippen LogP contribution < -0.4 is 9.15 Å². The summed E-state index contributed by atoms with van der Waals surface area (Å²) in [6.07, 6.45) is 1.87. The Morgan fingerprint density at radius 2 is 1.43 bits per heavy atom. The van der Waals surface area contributed by atoms with Gasteiger partial charge in [0, 0.05) is 55.3 Å². The van der Waals surface area contributed by atoms with Gasteiger partial charge in [-0.3, -0.25) is 0 Å². The molecule has 0 saturated heterocycles. The van der Waals surface area contributed by atoms with E-state index in [1.54, 1.807) is 0 Å². The molecule has 0 atom stereocenters.